The van der Waals surface area contributed by atoms with Crippen molar-refractivity contribution in [3.8, 4) is 0 Å². The highest BCUT2D eigenvalue weighted by molar-refractivity contribution is 5.70. The minimum atomic E-state index is -0.529. The number of carbonyl (C=O) groups excluding carboxylic acids is 2. The molecule has 70 valence electrons. The zero-order valence-electron chi connectivity index (χ0n) is 7.49. The van der Waals surface area contributed by atoms with Gasteiger partial charge in [0.2, 0.25) is 0 Å². The largest absolute Gasteiger partial charge is 0.453 e. The van der Waals surface area contributed by atoms with Gasteiger partial charge in [-0.1, -0.05) is 6.92 Å². The summed E-state index contributed by atoms with van der Waals surface area (Å²) in [5.74, 6) is -0.342. The first kappa shape index (κ1) is 10.7. The first-order valence-corrected chi connectivity index (χ1v) is 3.56. The van der Waals surface area contributed by atoms with E-state index >= 15 is 0 Å². The van der Waals surface area contributed by atoms with Crippen LogP contribution in [0.2, 0.25) is 0 Å². The van der Waals surface area contributed by atoms with E-state index in [0.717, 1.165) is 4.90 Å². The molecule has 0 aromatic heterocycles. The smallest absolute Gasteiger partial charge is 0.411 e. The molecule has 0 saturated carbocycles. The van der Waals surface area contributed by atoms with Gasteiger partial charge in [-0.3, -0.25) is 9.69 Å². The first-order valence-electron chi connectivity index (χ1n) is 3.56. The summed E-state index contributed by atoms with van der Waals surface area (Å²) in [6, 6.07) is 0. The standard InChI is InChI=1S/C7H13NO4/c1-4-6(9)12-5-8(2)7(10)11-3/h4-5H2,1-3H3. The Bertz CT molecular complexity index is 169. The second-order valence-corrected chi connectivity index (χ2v) is 2.17. The zero-order chi connectivity index (χ0) is 9.56. The summed E-state index contributed by atoms with van der Waals surface area (Å²) in [4.78, 5) is 22.5. The molecule has 0 bridgehead atoms. The van der Waals surface area contributed by atoms with Crippen molar-refractivity contribution < 1.29 is 19.1 Å². The van der Waals surface area contributed by atoms with Gasteiger partial charge in [0, 0.05) is 13.5 Å². The first-order chi connectivity index (χ1) is 5.61. The second-order valence-electron chi connectivity index (χ2n) is 2.17. The lowest BCUT2D eigenvalue weighted by Gasteiger charge is -2.14. The van der Waals surface area contributed by atoms with E-state index in [1.165, 1.54) is 14.2 Å². The Balaban J connectivity index is 3.63. The Morgan fingerprint density at radius 2 is 2.00 bits per heavy atom. The molecule has 0 aromatic carbocycles. The van der Waals surface area contributed by atoms with E-state index in [1.807, 2.05) is 0 Å². The maximum atomic E-state index is 10.7. The number of methoxy groups -OCH3 is 1. The second kappa shape index (κ2) is 5.40. The number of amides is 1. The summed E-state index contributed by atoms with van der Waals surface area (Å²) in [5, 5.41) is 0. The van der Waals surface area contributed by atoms with Gasteiger partial charge in [-0.05, 0) is 0 Å². The Labute approximate surface area is 71.2 Å². The molecule has 0 spiro atoms. The van der Waals surface area contributed by atoms with E-state index < -0.39 is 6.09 Å². The molecular formula is C7H13NO4. The summed E-state index contributed by atoms with van der Waals surface area (Å²) in [5.41, 5.74) is 0. The van der Waals surface area contributed by atoms with Crippen molar-refractivity contribution in [2.45, 2.75) is 13.3 Å². The molecule has 0 heterocycles. The van der Waals surface area contributed by atoms with Crippen molar-refractivity contribution in [1.29, 1.82) is 0 Å². The van der Waals surface area contributed by atoms with Crippen molar-refractivity contribution in [2.75, 3.05) is 20.9 Å². The lowest BCUT2D eigenvalue weighted by atomic mass is 10.5. The van der Waals surface area contributed by atoms with Gasteiger partial charge in [-0.25, -0.2) is 4.79 Å². The minimum absolute atomic E-state index is 0.0701. The normalized spacial score (nSPS) is 8.92. The van der Waals surface area contributed by atoms with Gasteiger partial charge in [-0.15, -0.1) is 0 Å². The third-order valence-electron chi connectivity index (χ3n) is 1.19. The number of hydrogen-bond acceptors (Lipinski definition) is 4. The van der Waals surface area contributed by atoms with Crippen LogP contribution in [-0.2, 0) is 14.3 Å². The fourth-order valence-electron chi connectivity index (χ4n) is 0.479. The molecule has 0 aliphatic rings. The van der Waals surface area contributed by atoms with Crippen LogP contribution >= 0.6 is 0 Å². The molecular weight excluding hydrogens is 162 g/mol. The molecule has 12 heavy (non-hydrogen) atoms. The van der Waals surface area contributed by atoms with Gasteiger partial charge in [0.1, 0.15) is 0 Å². The molecule has 0 saturated heterocycles. The quantitative estimate of drug-likeness (QED) is 0.465. The molecule has 5 nitrogen and oxygen atoms in total. The van der Waals surface area contributed by atoms with Crippen molar-refractivity contribution >= 4 is 12.1 Å². The summed E-state index contributed by atoms with van der Waals surface area (Å²) in [6.07, 6.45) is -0.228. The van der Waals surface area contributed by atoms with E-state index in [9.17, 15) is 9.59 Å². The molecule has 1 amide bonds. The fourth-order valence-corrected chi connectivity index (χ4v) is 0.479. The highest BCUT2D eigenvalue weighted by atomic mass is 16.6. The van der Waals surface area contributed by atoms with E-state index in [-0.39, 0.29) is 12.7 Å². The maximum absolute atomic E-state index is 10.7. The molecule has 0 unspecified atom stereocenters. The molecule has 0 aliphatic carbocycles. The summed E-state index contributed by atoms with van der Waals surface area (Å²) in [7, 11) is 2.75. The zero-order valence-corrected chi connectivity index (χ0v) is 7.49. The predicted molar refractivity (Wildman–Crippen MR) is 41.4 cm³/mol. The maximum Gasteiger partial charge on any atom is 0.411 e. The van der Waals surface area contributed by atoms with Crippen LogP contribution in [0.4, 0.5) is 4.79 Å². The summed E-state index contributed by atoms with van der Waals surface area (Å²) in [6.45, 7) is 1.61. The van der Waals surface area contributed by atoms with Crippen LogP contribution in [0.3, 0.4) is 0 Å². The Morgan fingerprint density at radius 1 is 1.42 bits per heavy atom. The van der Waals surface area contributed by atoms with Crippen molar-refractivity contribution in [1.82, 2.24) is 4.90 Å². The average molecular weight is 175 g/mol. The Kier molecular flexibility index (Phi) is 4.83. The van der Waals surface area contributed by atoms with E-state index in [1.54, 1.807) is 6.92 Å². The number of rotatable bonds is 3. The molecule has 0 aliphatic heterocycles. The van der Waals surface area contributed by atoms with Crippen molar-refractivity contribution in [3.63, 3.8) is 0 Å². The van der Waals surface area contributed by atoms with Crippen LogP contribution < -0.4 is 0 Å². The van der Waals surface area contributed by atoms with Gasteiger partial charge >= 0.3 is 12.1 Å². The van der Waals surface area contributed by atoms with Gasteiger partial charge < -0.3 is 9.47 Å². The van der Waals surface area contributed by atoms with E-state index in [4.69, 9.17) is 0 Å². The van der Waals surface area contributed by atoms with Gasteiger partial charge in [-0.2, -0.15) is 0 Å². The lowest BCUT2D eigenvalue weighted by Crippen LogP contribution is -2.30. The molecule has 5 heteroatoms. The number of esters is 1. The summed E-state index contributed by atoms with van der Waals surface area (Å²) < 4.78 is 9.04. The highest BCUT2D eigenvalue weighted by Crippen LogP contribution is 1.91. The van der Waals surface area contributed by atoms with Crippen molar-refractivity contribution in [2.24, 2.45) is 0 Å². The highest BCUT2D eigenvalue weighted by Gasteiger charge is 2.08. The van der Waals surface area contributed by atoms with Gasteiger partial charge in [0.25, 0.3) is 0 Å². The molecule has 0 rings (SSSR count). The monoisotopic (exact) mass is 175 g/mol. The molecule has 0 radical (unpaired) electrons. The van der Waals surface area contributed by atoms with E-state index in [0.29, 0.717) is 6.42 Å². The van der Waals surface area contributed by atoms with Crippen LogP contribution in [0.5, 0.6) is 0 Å². The van der Waals surface area contributed by atoms with Crippen LogP contribution in [-0.4, -0.2) is 37.9 Å². The molecule has 0 N–H and O–H groups in total. The summed E-state index contributed by atoms with van der Waals surface area (Å²) >= 11 is 0. The third kappa shape index (κ3) is 3.80. The topological polar surface area (TPSA) is 55.8 Å². The minimum Gasteiger partial charge on any atom is -0.453 e. The van der Waals surface area contributed by atoms with Crippen LogP contribution in [0.15, 0.2) is 0 Å². The predicted octanol–water partition coefficient (Wildman–Crippen LogP) is 0.595. The van der Waals surface area contributed by atoms with Crippen LogP contribution in [0, 0.1) is 0 Å². The Morgan fingerprint density at radius 3 is 2.42 bits per heavy atom. The molecule has 0 aromatic rings. The van der Waals surface area contributed by atoms with E-state index in [2.05, 4.69) is 9.47 Å². The Hall–Kier alpha value is -1.26. The fraction of sp³-hybridized carbons (Fsp3) is 0.714. The molecule has 0 fully saturated rings. The SMILES string of the molecule is CCC(=O)OCN(C)C(=O)OC. The number of ether oxygens (including phenoxy) is 2. The van der Waals surface area contributed by atoms with Gasteiger partial charge in [0.05, 0.1) is 7.11 Å². The third-order valence-corrected chi connectivity index (χ3v) is 1.19. The average Bonchev–Trinajstić information content (AvgIpc) is 2.11. The van der Waals surface area contributed by atoms with Gasteiger partial charge in [0.15, 0.2) is 6.73 Å². The number of nitrogens with zero attached hydrogens (tertiary/aromatic N) is 1. The lowest BCUT2D eigenvalue weighted by molar-refractivity contribution is -0.146. The number of carbonyl (C=O) groups is 2. The van der Waals surface area contributed by atoms with Crippen LogP contribution in [0.1, 0.15) is 13.3 Å². The van der Waals surface area contributed by atoms with Crippen LogP contribution in [0.25, 0.3) is 0 Å². The number of hydrogen-bond donors (Lipinski definition) is 0. The molecule has 0 atom stereocenters. The van der Waals surface area contributed by atoms with Crippen molar-refractivity contribution in [3.05, 3.63) is 0 Å².